The molecule has 0 heterocycles. The van der Waals surface area contributed by atoms with E-state index in [0.29, 0.717) is 15.2 Å². The third-order valence-electron chi connectivity index (χ3n) is 6.05. The van der Waals surface area contributed by atoms with Gasteiger partial charge in [-0.15, -0.1) is 0 Å². The Bertz CT molecular complexity index is 718. The molecule has 4 aliphatic carbocycles. The number of rotatable bonds is 6. The van der Waals surface area contributed by atoms with E-state index in [9.17, 15) is 9.59 Å². The molecule has 0 saturated heterocycles. The molecule has 1 aromatic carbocycles. The monoisotopic (exact) mass is 455 g/mol. The molecular weight excluding hydrogens is 434 g/mol. The molecule has 1 N–H and O–H groups in total. The first-order chi connectivity index (χ1) is 12.9. The molecule has 0 unspecified atom stereocenters. The molecule has 27 heavy (non-hydrogen) atoms. The molecule has 5 rings (SSSR count). The van der Waals surface area contributed by atoms with Crippen LogP contribution in [0, 0.1) is 17.8 Å². The van der Waals surface area contributed by atoms with E-state index < -0.39 is 5.97 Å². The molecule has 0 aromatic heterocycles. The topological polar surface area (TPSA) is 64.6 Å². The minimum atomic E-state index is -0.572. The predicted octanol–water partition coefficient (Wildman–Crippen LogP) is 4.11. The van der Waals surface area contributed by atoms with Gasteiger partial charge < -0.3 is 14.8 Å². The average Bonchev–Trinajstić information content (AvgIpc) is 2.57. The summed E-state index contributed by atoms with van der Waals surface area (Å²) in [6, 6.07) is 5.02. The summed E-state index contributed by atoms with van der Waals surface area (Å²) in [5.74, 6) is 1.98. The van der Waals surface area contributed by atoms with Crippen LogP contribution in [0.25, 0.3) is 0 Å². The molecule has 0 aliphatic heterocycles. The van der Waals surface area contributed by atoms with Gasteiger partial charge in [0.25, 0.3) is 5.91 Å². The molecular formula is C20H23BrClNO4. The zero-order chi connectivity index (χ0) is 19.0. The lowest BCUT2D eigenvalue weighted by molar-refractivity contribution is -0.151. The van der Waals surface area contributed by atoms with Crippen molar-refractivity contribution in [2.75, 3.05) is 13.2 Å². The molecule has 7 heteroatoms. The summed E-state index contributed by atoms with van der Waals surface area (Å²) in [6.07, 6.45) is 7.19. The highest BCUT2D eigenvalue weighted by Gasteiger charge is 2.51. The number of carbonyl (C=O) groups is 2. The van der Waals surface area contributed by atoms with Gasteiger partial charge in [0, 0.05) is 10.6 Å². The van der Waals surface area contributed by atoms with Gasteiger partial charge in [-0.3, -0.25) is 4.79 Å². The largest absolute Gasteiger partial charge is 0.481 e. The van der Waals surface area contributed by atoms with Crippen LogP contribution < -0.4 is 10.1 Å². The van der Waals surface area contributed by atoms with Crippen LogP contribution in [0.2, 0.25) is 5.02 Å². The van der Waals surface area contributed by atoms with Gasteiger partial charge in [0.1, 0.15) is 5.75 Å². The van der Waals surface area contributed by atoms with Crippen LogP contribution in [-0.4, -0.2) is 30.6 Å². The van der Waals surface area contributed by atoms with E-state index in [0.717, 1.165) is 37.0 Å². The molecule has 5 nitrogen and oxygen atoms in total. The van der Waals surface area contributed by atoms with Crippen LogP contribution in [0.1, 0.15) is 38.5 Å². The number of benzene rings is 1. The number of nitrogens with one attached hydrogen (secondary N) is 1. The van der Waals surface area contributed by atoms with Crippen molar-refractivity contribution in [2.45, 2.75) is 44.1 Å². The molecule has 0 atom stereocenters. The summed E-state index contributed by atoms with van der Waals surface area (Å²) in [5.41, 5.74) is -0.0666. The third kappa shape index (κ3) is 4.43. The van der Waals surface area contributed by atoms with Crippen molar-refractivity contribution in [2.24, 2.45) is 17.8 Å². The highest BCUT2D eigenvalue weighted by Crippen LogP contribution is 2.55. The predicted molar refractivity (Wildman–Crippen MR) is 105 cm³/mol. The second-order valence-corrected chi connectivity index (χ2v) is 9.56. The number of halogens is 2. The normalized spacial score (nSPS) is 30.8. The SMILES string of the molecule is O=C(COC(=O)COc1ccc(Cl)cc1Br)NC12CC3CC(CC(C3)C1)C2. The van der Waals surface area contributed by atoms with E-state index in [4.69, 9.17) is 21.1 Å². The molecule has 1 aromatic rings. The average molecular weight is 457 g/mol. The van der Waals surface area contributed by atoms with Crippen LogP contribution in [0.15, 0.2) is 22.7 Å². The number of esters is 1. The zero-order valence-corrected chi connectivity index (χ0v) is 17.4. The van der Waals surface area contributed by atoms with E-state index in [2.05, 4.69) is 21.2 Å². The second-order valence-electron chi connectivity index (χ2n) is 8.27. The van der Waals surface area contributed by atoms with Crippen molar-refractivity contribution in [3.8, 4) is 5.75 Å². The van der Waals surface area contributed by atoms with E-state index in [1.54, 1.807) is 18.2 Å². The van der Waals surface area contributed by atoms with Crippen molar-refractivity contribution in [1.82, 2.24) is 5.32 Å². The van der Waals surface area contributed by atoms with Crippen molar-refractivity contribution in [1.29, 1.82) is 0 Å². The molecule has 0 radical (unpaired) electrons. The second kappa shape index (κ2) is 7.63. The highest BCUT2D eigenvalue weighted by atomic mass is 79.9. The van der Waals surface area contributed by atoms with Gasteiger partial charge in [-0.05, 0) is 90.4 Å². The van der Waals surface area contributed by atoms with E-state index in [1.165, 1.54) is 19.3 Å². The van der Waals surface area contributed by atoms with Crippen LogP contribution in [0.5, 0.6) is 5.75 Å². The number of amides is 1. The van der Waals surface area contributed by atoms with Gasteiger partial charge >= 0.3 is 5.97 Å². The number of ether oxygens (including phenoxy) is 2. The van der Waals surface area contributed by atoms with Gasteiger partial charge in [-0.1, -0.05) is 11.6 Å². The molecule has 4 saturated carbocycles. The smallest absolute Gasteiger partial charge is 0.344 e. The maximum absolute atomic E-state index is 12.3. The zero-order valence-electron chi connectivity index (χ0n) is 15.0. The molecule has 1 amide bonds. The maximum atomic E-state index is 12.3. The lowest BCUT2D eigenvalue weighted by Gasteiger charge is -2.56. The Hall–Kier alpha value is -1.27. The summed E-state index contributed by atoms with van der Waals surface area (Å²) in [7, 11) is 0. The first-order valence-corrected chi connectivity index (χ1v) is 10.6. The summed E-state index contributed by atoms with van der Waals surface area (Å²) >= 11 is 9.19. The van der Waals surface area contributed by atoms with Gasteiger partial charge in [0.2, 0.25) is 0 Å². The summed E-state index contributed by atoms with van der Waals surface area (Å²) in [5, 5.41) is 3.76. The minimum Gasteiger partial charge on any atom is -0.481 e. The number of hydrogen-bond donors (Lipinski definition) is 1. The van der Waals surface area contributed by atoms with Crippen LogP contribution in [0.3, 0.4) is 0 Å². The first-order valence-electron chi connectivity index (χ1n) is 9.45. The molecule has 4 fully saturated rings. The van der Waals surface area contributed by atoms with E-state index in [-0.39, 0.29) is 24.7 Å². The Kier molecular flexibility index (Phi) is 5.39. The molecule has 0 spiro atoms. The standard InChI is InChI=1S/C20H23BrClNO4/c21-16-6-15(22)1-2-17(16)26-11-19(25)27-10-18(24)23-20-7-12-3-13(8-20)5-14(4-12)9-20/h1-2,6,12-14H,3-5,7-11H2,(H,23,24). The van der Waals surface area contributed by atoms with Crippen LogP contribution in [0.4, 0.5) is 0 Å². The Labute approximate surface area is 172 Å². The Morgan fingerprint density at radius 2 is 1.74 bits per heavy atom. The van der Waals surface area contributed by atoms with Gasteiger partial charge in [-0.25, -0.2) is 4.79 Å². The summed E-state index contributed by atoms with van der Waals surface area (Å²) in [6.45, 7) is -0.517. The number of hydrogen-bond acceptors (Lipinski definition) is 4. The lowest BCUT2D eigenvalue weighted by atomic mass is 9.53. The number of carbonyl (C=O) groups excluding carboxylic acids is 2. The summed E-state index contributed by atoms with van der Waals surface area (Å²) < 4.78 is 11.1. The van der Waals surface area contributed by atoms with E-state index in [1.807, 2.05) is 0 Å². The molecule has 4 bridgehead atoms. The fourth-order valence-electron chi connectivity index (χ4n) is 5.51. The van der Waals surface area contributed by atoms with Crippen LogP contribution >= 0.6 is 27.5 Å². The Morgan fingerprint density at radius 3 is 2.33 bits per heavy atom. The molecule has 4 aliphatic rings. The van der Waals surface area contributed by atoms with Crippen molar-refractivity contribution >= 4 is 39.4 Å². The maximum Gasteiger partial charge on any atom is 0.344 e. The fourth-order valence-corrected chi connectivity index (χ4v) is 6.31. The van der Waals surface area contributed by atoms with Crippen molar-refractivity contribution in [3.63, 3.8) is 0 Å². The lowest BCUT2D eigenvalue weighted by Crippen LogP contribution is -2.60. The van der Waals surface area contributed by atoms with Gasteiger partial charge in [-0.2, -0.15) is 0 Å². The van der Waals surface area contributed by atoms with Gasteiger partial charge in [0.15, 0.2) is 13.2 Å². The Morgan fingerprint density at radius 1 is 1.11 bits per heavy atom. The highest BCUT2D eigenvalue weighted by molar-refractivity contribution is 9.10. The van der Waals surface area contributed by atoms with Crippen LogP contribution in [-0.2, 0) is 14.3 Å². The van der Waals surface area contributed by atoms with E-state index >= 15 is 0 Å². The summed E-state index contributed by atoms with van der Waals surface area (Å²) in [4.78, 5) is 24.2. The quantitative estimate of drug-likeness (QED) is 0.654. The molecule has 146 valence electrons. The third-order valence-corrected chi connectivity index (χ3v) is 6.90. The Balaban J connectivity index is 1.23. The first kappa shape index (κ1) is 19.1. The fraction of sp³-hybridized carbons (Fsp3) is 0.600. The van der Waals surface area contributed by atoms with Crippen molar-refractivity contribution in [3.05, 3.63) is 27.7 Å². The minimum absolute atomic E-state index is 0.0666. The van der Waals surface area contributed by atoms with Gasteiger partial charge in [0.05, 0.1) is 4.47 Å². The van der Waals surface area contributed by atoms with Crippen molar-refractivity contribution < 1.29 is 19.1 Å².